The van der Waals surface area contributed by atoms with Crippen molar-refractivity contribution in [3.63, 3.8) is 0 Å². The highest BCUT2D eigenvalue weighted by Crippen LogP contribution is 2.25. The number of nitrogens with zero attached hydrogens (tertiary/aromatic N) is 4. The van der Waals surface area contributed by atoms with Gasteiger partial charge in [0.1, 0.15) is 17.2 Å². The molecule has 7 nitrogen and oxygen atoms in total. The lowest BCUT2D eigenvalue weighted by Gasteiger charge is -2.17. The average Bonchev–Trinajstić information content (AvgIpc) is 2.84. The van der Waals surface area contributed by atoms with Crippen LogP contribution in [0.4, 0.5) is 15.8 Å². The van der Waals surface area contributed by atoms with Gasteiger partial charge >= 0.3 is 0 Å². The van der Waals surface area contributed by atoms with E-state index < -0.39 is 10.7 Å². The molecule has 112 valence electrons. The molecule has 1 aromatic heterocycles. The number of halogens is 1. The van der Waals surface area contributed by atoms with E-state index in [4.69, 9.17) is 0 Å². The van der Waals surface area contributed by atoms with Crippen molar-refractivity contribution in [2.45, 2.75) is 32.9 Å². The van der Waals surface area contributed by atoms with E-state index in [1.54, 1.807) is 10.9 Å². The third-order valence-corrected chi connectivity index (χ3v) is 2.84. The minimum absolute atomic E-state index is 0.116. The van der Waals surface area contributed by atoms with Crippen molar-refractivity contribution in [3.05, 3.63) is 46.0 Å². The van der Waals surface area contributed by atoms with Crippen LogP contribution in [0.5, 0.6) is 0 Å². The molecule has 0 saturated heterocycles. The Balaban J connectivity index is 2.15. The lowest BCUT2D eigenvalue weighted by Crippen LogP contribution is -2.22. The summed E-state index contributed by atoms with van der Waals surface area (Å²) in [6, 6.07) is 3.27. The molecule has 0 amide bonds. The molecular weight excluding hydrogens is 277 g/mol. The molecule has 0 aliphatic carbocycles. The van der Waals surface area contributed by atoms with Gasteiger partial charge in [-0.3, -0.25) is 10.1 Å². The first-order valence-corrected chi connectivity index (χ1v) is 6.37. The van der Waals surface area contributed by atoms with E-state index in [9.17, 15) is 14.5 Å². The number of hydrogen-bond acceptors (Lipinski definition) is 5. The molecule has 0 fully saturated rings. The summed E-state index contributed by atoms with van der Waals surface area (Å²) in [6.07, 6.45) is 1.75. The van der Waals surface area contributed by atoms with Crippen LogP contribution in [0.25, 0.3) is 0 Å². The van der Waals surface area contributed by atoms with Gasteiger partial charge in [-0.2, -0.15) is 0 Å². The van der Waals surface area contributed by atoms with Crippen LogP contribution in [0, 0.1) is 15.9 Å². The summed E-state index contributed by atoms with van der Waals surface area (Å²) >= 11 is 0. The number of rotatable bonds is 4. The number of benzene rings is 1. The number of nitro benzene ring substituents is 1. The van der Waals surface area contributed by atoms with Crippen LogP contribution in [0.3, 0.4) is 0 Å². The number of aromatic nitrogens is 3. The summed E-state index contributed by atoms with van der Waals surface area (Å²) in [7, 11) is 0. The van der Waals surface area contributed by atoms with Crippen LogP contribution < -0.4 is 5.32 Å². The van der Waals surface area contributed by atoms with Gasteiger partial charge in [0.25, 0.3) is 5.69 Å². The standard InChI is InChI=1S/C13H16FN5O2/c1-13(2,3)18-8-10(16-17-18)7-15-11-6-9(14)4-5-12(11)19(20)21/h4-6,8,15H,7H2,1-3H3. The number of nitro groups is 1. The summed E-state index contributed by atoms with van der Waals surface area (Å²) in [5.74, 6) is -0.540. The zero-order valence-electron chi connectivity index (χ0n) is 12.0. The van der Waals surface area contributed by atoms with Crippen molar-refractivity contribution >= 4 is 11.4 Å². The Morgan fingerprint density at radius 3 is 2.71 bits per heavy atom. The largest absolute Gasteiger partial charge is 0.374 e. The number of hydrogen-bond donors (Lipinski definition) is 1. The fourth-order valence-electron chi connectivity index (χ4n) is 1.70. The van der Waals surface area contributed by atoms with Gasteiger partial charge in [-0.25, -0.2) is 9.07 Å². The number of anilines is 1. The Kier molecular flexibility index (Phi) is 3.88. The molecular formula is C13H16FN5O2. The summed E-state index contributed by atoms with van der Waals surface area (Å²) in [5.41, 5.74) is 0.351. The van der Waals surface area contributed by atoms with E-state index in [2.05, 4.69) is 15.6 Å². The molecule has 0 unspecified atom stereocenters. The van der Waals surface area contributed by atoms with Crippen molar-refractivity contribution in [1.29, 1.82) is 0 Å². The van der Waals surface area contributed by atoms with E-state index in [1.807, 2.05) is 20.8 Å². The van der Waals surface area contributed by atoms with Crippen molar-refractivity contribution in [3.8, 4) is 0 Å². The third-order valence-electron chi connectivity index (χ3n) is 2.84. The summed E-state index contributed by atoms with van der Waals surface area (Å²) < 4.78 is 14.9. The molecule has 8 heteroatoms. The summed E-state index contributed by atoms with van der Waals surface area (Å²) in [6.45, 7) is 6.17. The van der Waals surface area contributed by atoms with Crippen LogP contribution >= 0.6 is 0 Å². The quantitative estimate of drug-likeness (QED) is 0.692. The topological polar surface area (TPSA) is 85.9 Å². The minimum atomic E-state index is -0.562. The Morgan fingerprint density at radius 1 is 1.43 bits per heavy atom. The van der Waals surface area contributed by atoms with Gasteiger partial charge < -0.3 is 5.32 Å². The fourth-order valence-corrected chi connectivity index (χ4v) is 1.70. The molecule has 0 aliphatic heterocycles. The second-order valence-corrected chi connectivity index (χ2v) is 5.60. The predicted molar refractivity (Wildman–Crippen MR) is 75.4 cm³/mol. The van der Waals surface area contributed by atoms with Gasteiger partial charge in [-0.15, -0.1) is 5.10 Å². The minimum Gasteiger partial charge on any atom is -0.374 e. The van der Waals surface area contributed by atoms with Gasteiger partial charge in [0, 0.05) is 12.1 Å². The van der Waals surface area contributed by atoms with Gasteiger partial charge in [0.15, 0.2) is 0 Å². The summed E-state index contributed by atoms with van der Waals surface area (Å²) in [4.78, 5) is 10.3. The van der Waals surface area contributed by atoms with Crippen LogP contribution in [-0.2, 0) is 12.1 Å². The molecule has 0 saturated carbocycles. The zero-order valence-corrected chi connectivity index (χ0v) is 12.0. The highest BCUT2D eigenvalue weighted by atomic mass is 19.1. The third kappa shape index (κ3) is 3.53. The highest BCUT2D eigenvalue weighted by Gasteiger charge is 2.17. The molecule has 1 heterocycles. The van der Waals surface area contributed by atoms with Gasteiger partial charge in [-0.05, 0) is 26.8 Å². The average molecular weight is 293 g/mol. The van der Waals surface area contributed by atoms with E-state index in [0.29, 0.717) is 5.69 Å². The molecule has 0 spiro atoms. The zero-order chi connectivity index (χ0) is 15.6. The van der Waals surface area contributed by atoms with E-state index in [0.717, 1.165) is 18.2 Å². The smallest absolute Gasteiger partial charge is 0.292 e. The molecule has 1 aromatic carbocycles. The Hall–Kier alpha value is -2.51. The molecule has 1 N–H and O–H groups in total. The molecule has 21 heavy (non-hydrogen) atoms. The second kappa shape index (κ2) is 5.47. The van der Waals surface area contributed by atoms with Crippen LogP contribution in [0.15, 0.2) is 24.4 Å². The molecule has 0 atom stereocenters. The van der Waals surface area contributed by atoms with Crippen molar-refractivity contribution < 1.29 is 9.31 Å². The highest BCUT2D eigenvalue weighted by molar-refractivity contribution is 5.61. The van der Waals surface area contributed by atoms with Gasteiger partial charge in [0.2, 0.25) is 0 Å². The second-order valence-electron chi connectivity index (χ2n) is 5.60. The lowest BCUT2D eigenvalue weighted by atomic mass is 10.1. The van der Waals surface area contributed by atoms with Crippen LogP contribution in [-0.4, -0.2) is 19.9 Å². The Labute approximate surface area is 120 Å². The van der Waals surface area contributed by atoms with E-state index >= 15 is 0 Å². The Morgan fingerprint density at radius 2 is 2.14 bits per heavy atom. The molecule has 0 aliphatic rings. The molecule has 2 rings (SSSR count). The first kappa shape index (κ1) is 14.9. The normalized spacial score (nSPS) is 11.4. The van der Waals surface area contributed by atoms with Crippen LogP contribution in [0.2, 0.25) is 0 Å². The van der Waals surface area contributed by atoms with Gasteiger partial charge in [0.05, 0.1) is 23.2 Å². The molecule has 0 bridgehead atoms. The van der Waals surface area contributed by atoms with E-state index in [-0.39, 0.29) is 23.5 Å². The predicted octanol–water partition coefficient (Wildman–Crippen LogP) is 2.69. The lowest BCUT2D eigenvalue weighted by molar-refractivity contribution is -0.384. The first-order chi connectivity index (χ1) is 9.77. The monoisotopic (exact) mass is 293 g/mol. The van der Waals surface area contributed by atoms with Crippen molar-refractivity contribution in [2.24, 2.45) is 0 Å². The first-order valence-electron chi connectivity index (χ1n) is 6.37. The summed E-state index contributed by atoms with van der Waals surface area (Å²) in [5, 5.41) is 21.7. The van der Waals surface area contributed by atoms with Crippen molar-refractivity contribution in [2.75, 3.05) is 5.32 Å². The van der Waals surface area contributed by atoms with E-state index in [1.165, 1.54) is 0 Å². The fraction of sp³-hybridized carbons (Fsp3) is 0.385. The maximum Gasteiger partial charge on any atom is 0.292 e. The Bertz CT molecular complexity index is 663. The molecule has 0 radical (unpaired) electrons. The maximum atomic E-state index is 13.2. The molecule has 2 aromatic rings. The SMILES string of the molecule is CC(C)(C)n1cc(CNc2cc(F)ccc2[N+](=O)[O-])nn1. The maximum absolute atomic E-state index is 13.2. The van der Waals surface area contributed by atoms with Gasteiger partial charge in [-0.1, -0.05) is 5.21 Å². The number of nitrogens with one attached hydrogen (secondary N) is 1. The van der Waals surface area contributed by atoms with Crippen LogP contribution in [0.1, 0.15) is 26.5 Å². The van der Waals surface area contributed by atoms with Crippen molar-refractivity contribution in [1.82, 2.24) is 15.0 Å².